The molecule has 0 aliphatic rings. The van der Waals surface area contributed by atoms with Crippen LogP contribution in [0.15, 0.2) is 53.4 Å². The molecule has 0 atom stereocenters. The predicted octanol–water partition coefficient (Wildman–Crippen LogP) is 1.95. The predicted molar refractivity (Wildman–Crippen MR) is 85.1 cm³/mol. The zero-order valence-electron chi connectivity index (χ0n) is 11.6. The standard InChI is InChI=1S/C14H14N4O2S2/c19-22(20,11-12-4-2-1-3-5-12)15-8-13-9-18(17-16-13)14-6-7-21-10-14/h1-7,9-10,15H,8,11H2. The van der Waals surface area contributed by atoms with Crippen molar-refractivity contribution in [2.24, 2.45) is 0 Å². The first kappa shape index (κ1) is 14.9. The van der Waals surface area contributed by atoms with Crippen LogP contribution < -0.4 is 4.72 Å². The van der Waals surface area contributed by atoms with Crippen molar-refractivity contribution in [1.82, 2.24) is 19.7 Å². The molecule has 0 saturated carbocycles. The fraction of sp³-hybridized carbons (Fsp3) is 0.143. The van der Waals surface area contributed by atoms with Gasteiger partial charge in [0.25, 0.3) is 0 Å². The minimum Gasteiger partial charge on any atom is -0.220 e. The number of nitrogens with zero attached hydrogens (tertiary/aromatic N) is 3. The van der Waals surface area contributed by atoms with Gasteiger partial charge in [0.1, 0.15) is 0 Å². The number of sulfonamides is 1. The molecular weight excluding hydrogens is 320 g/mol. The molecule has 1 N–H and O–H groups in total. The van der Waals surface area contributed by atoms with Gasteiger partial charge in [0.05, 0.1) is 29.9 Å². The van der Waals surface area contributed by atoms with E-state index in [4.69, 9.17) is 0 Å². The molecule has 22 heavy (non-hydrogen) atoms. The molecule has 6 nitrogen and oxygen atoms in total. The highest BCUT2D eigenvalue weighted by Gasteiger charge is 2.12. The molecule has 0 spiro atoms. The van der Waals surface area contributed by atoms with Crippen LogP contribution in [-0.4, -0.2) is 23.4 Å². The second kappa shape index (κ2) is 6.39. The van der Waals surface area contributed by atoms with Crippen molar-refractivity contribution in [3.63, 3.8) is 0 Å². The average Bonchev–Trinajstić information content (AvgIpc) is 3.17. The van der Waals surface area contributed by atoms with Crippen molar-refractivity contribution in [1.29, 1.82) is 0 Å². The van der Waals surface area contributed by atoms with E-state index in [1.54, 1.807) is 34.3 Å². The van der Waals surface area contributed by atoms with Gasteiger partial charge in [0.2, 0.25) is 10.0 Å². The van der Waals surface area contributed by atoms with Crippen LogP contribution in [0.1, 0.15) is 11.3 Å². The SMILES string of the molecule is O=S(=O)(Cc1ccccc1)NCc1cn(-c2ccsc2)nn1. The van der Waals surface area contributed by atoms with Crippen LogP contribution >= 0.6 is 11.3 Å². The summed E-state index contributed by atoms with van der Waals surface area (Å²) in [5.41, 5.74) is 2.23. The topological polar surface area (TPSA) is 76.9 Å². The third-order valence-corrected chi connectivity index (χ3v) is 4.95. The molecule has 114 valence electrons. The van der Waals surface area contributed by atoms with E-state index in [1.165, 1.54) is 0 Å². The normalized spacial score (nSPS) is 11.6. The average molecular weight is 334 g/mol. The maximum atomic E-state index is 12.0. The van der Waals surface area contributed by atoms with Crippen LogP contribution in [0.2, 0.25) is 0 Å². The van der Waals surface area contributed by atoms with Crippen molar-refractivity contribution in [3.8, 4) is 5.69 Å². The van der Waals surface area contributed by atoms with Gasteiger partial charge < -0.3 is 0 Å². The molecule has 0 aliphatic heterocycles. The molecule has 3 rings (SSSR count). The van der Waals surface area contributed by atoms with Gasteiger partial charge in [-0.05, 0) is 17.0 Å². The molecule has 0 bridgehead atoms. The first-order valence-corrected chi connectivity index (χ1v) is 9.17. The Kier molecular flexibility index (Phi) is 4.32. The summed E-state index contributed by atoms with van der Waals surface area (Å²) in [7, 11) is -3.40. The molecule has 0 fully saturated rings. The first-order valence-electron chi connectivity index (χ1n) is 6.57. The highest BCUT2D eigenvalue weighted by atomic mass is 32.2. The van der Waals surface area contributed by atoms with E-state index in [1.807, 2.05) is 35.0 Å². The van der Waals surface area contributed by atoms with E-state index in [-0.39, 0.29) is 12.3 Å². The first-order chi connectivity index (χ1) is 10.6. The number of aromatic nitrogens is 3. The lowest BCUT2D eigenvalue weighted by Crippen LogP contribution is -2.24. The molecule has 0 unspecified atom stereocenters. The summed E-state index contributed by atoms with van der Waals surface area (Å²) < 4.78 is 28.3. The Bertz CT molecular complexity index is 827. The van der Waals surface area contributed by atoms with E-state index in [9.17, 15) is 8.42 Å². The molecule has 0 amide bonds. The highest BCUT2D eigenvalue weighted by molar-refractivity contribution is 7.88. The number of hydrogen-bond donors (Lipinski definition) is 1. The lowest BCUT2D eigenvalue weighted by atomic mass is 10.2. The van der Waals surface area contributed by atoms with Crippen molar-refractivity contribution in [2.45, 2.75) is 12.3 Å². The van der Waals surface area contributed by atoms with Crippen molar-refractivity contribution in [3.05, 3.63) is 64.6 Å². The van der Waals surface area contributed by atoms with Crippen LogP contribution in [0.4, 0.5) is 0 Å². The van der Waals surface area contributed by atoms with E-state index < -0.39 is 10.0 Å². The number of thiophene rings is 1. The Balaban J connectivity index is 1.62. The quantitative estimate of drug-likeness (QED) is 0.747. The van der Waals surface area contributed by atoms with Crippen molar-refractivity contribution >= 4 is 21.4 Å². The maximum absolute atomic E-state index is 12.0. The molecule has 0 radical (unpaired) electrons. The lowest BCUT2D eigenvalue weighted by molar-refractivity contribution is 0.579. The number of rotatable bonds is 6. The van der Waals surface area contributed by atoms with Crippen LogP contribution in [0, 0.1) is 0 Å². The number of nitrogens with one attached hydrogen (secondary N) is 1. The van der Waals surface area contributed by atoms with E-state index >= 15 is 0 Å². The van der Waals surface area contributed by atoms with Crippen molar-refractivity contribution < 1.29 is 8.42 Å². The summed E-state index contributed by atoms with van der Waals surface area (Å²) in [6.45, 7) is 0.124. The van der Waals surface area contributed by atoms with Gasteiger partial charge in [0.15, 0.2) is 0 Å². The molecule has 2 aromatic heterocycles. The van der Waals surface area contributed by atoms with Crippen LogP contribution in [0.25, 0.3) is 5.69 Å². The van der Waals surface area contributed by atoms with Crippen LogP contribution in [-0.2, 0) is 22.3 Å². The maximum Gasteiger partial charge on any atom is 0.216 e. The Morgan fingerprint density at radius 2 is 2.00 bits per heavy atom. The summed E-state index contributed by atoms with van der Waals surface area (Å²) in [5, 5.41) is 11.8. The van der Waals surface area contributed by atoms with E-state index in [0.717, 1.165) is 11.3 Å². The summed E-state index contributed by atoms with van der Waals surface area (Å²) >= 11 is 1.56. The molecule has 8 heteroatoms. The fourth-order valence-corrected chi connectivity index (χ4v) is 3.65. The largest absolute Gasteiger partial charge is 0.220 e. The summed E-state index contributed by atoms with van der Waals surface area (Å²) in [6, 6.07) is 11.0. The Hall–Kier alpha value is -2.03. The summed E-state index contributed by atoms with van der Waals surface area (Å²) in [4.78, 5) is 0. The molecule has 2 heterocycles. The van der Waals surface area contributed by atoms with Gasteiger partial charge >= 0.3 is 0 Å². The van der Waals surface area contributed by atoms with Gasteiger partial charge in [-0.3, -0.25) is 0 Å². The Labute approximate surface area is 132 Å². The third kappa shape index (κ3) is 3.79. The molecule has 0 aliphatic carbocycles. The minimum absolute atomic E-state index is 0.0491. The second-order valence-electron chi connectivity index (χ2n) is 4.70. The smallest absolute Gasteiger partial charge is 0.216 e. The van der Waals surface area contributed by atoms with Crippen molar-refractivity contribution in [2.75, 3.05) is 0 Å². The molecular formula is C14H14N4O2S2. The Morgan fingerprint density at radius 3 is 2.73 bits per heavy atom. The van der Waals surface area contributed by atoms with Gasteiger partial charge in [-0.15, -0.1) is 5.10 Å². The lowest BCUT2D eigenvalue weighted by Gasteiger charge is -2.04. The van der Waals surface area contributed by atoms with Crippen LogP contribution in [0.5, 0.6) is 0 Å². The monoisotopic (exact) mass is 334 g/mol. The fourth-order valence-electron chi connectivity index (χ4n) is 1.92. The summed E-state index contributed by atoms with van der Waals surface area (Å²) in [5.74, 6) is -0.0491. The van der Waals surface area contributed by atoms with E-state index in [2.05, 4.69) is 15.0 Å². The second-order valence-corrected chi connectivity index (χ2v) is 7.29. The van der Waals surface area contributed by atoms with E-state index in [0.29, 0.717) is 5.69 Å². The highest BCUT2D eigenvalue weighted by Crippen LogP contribution is 2.11. The van der Waals surface area contributed by atoms with Gasteiger partial charge in [-0.2, -0.15) is 11.3 Å². The van der Waals surface area contributed by atoms with Crippen LogP contribution in [0.3, 0.4) is 0 Å². The number of hydrogen-bond acceptors (Lipinski definition) is 5. The molecule has 1 aromatic carbocycles. The minimum atomic E-state index is -3.40. The zero-order valence-corrected chi connectivity index (χ0v) is 13.2. The number of benzene rings is 1. The third-order valence-electron chi connectivity index (χ3n) is 2.98. The van der Waals surface area contributed by atoms with Gasteiger partial charge in [-0.25, -0.2) is 17.8 Å². The Morgan fingerprint density at radius 1 is 1.18 bits per heavy atom. The van der Waals surface area contributed by atoms with Gasteiger partial charge in [0, 0.05) is 5.38 Å². The summed E-state index contributed by atoms with van der Waals surface area (Å²) in [6.07, 6.45) is 1.72. The molecule has 3 aromatic rings. The zero-order chi connectivity index (χ0) is 15.4. The molecule has 0 saturated heterocycles. The van der Waals surface area contributed by atoms with Gasteiger partial charge in [-0.1, -0.05) is 35.5 Å².